The third-order valence-corrected chi connectivity index (χ3v) is 4.85. The first-order valence-corrected chi connectivity index (χ1v) is 10.2. The summed E-state index contributed by atoms with van der Waals surface area (Å²) in [4.78, 5) is 71.4. The molecule has 0 aromatic carbocycles. The Kier molecular flexibility index (Phi) is 10.3. The molecule has 0 aromatic rings. The van der Waals surface area contributed by atoms with Gasteiger partial charge < -0.3 is 24.8 Å². The highest BCUT2D eigenvalue weighted by molar-refractivity contribution is 8.15. The highest BCUT2D eigenvalue weighted by atomic mass is 32.2. The fraction of sp³-hybridized carbons (Fsp3) is 0.667. The number of ether oxygens (including phenoxy) is 3. The van der Waals surface area contributed by atoms with Crippen LogP contribution in [-0.2, 0) is 43.0 Å². The second-order valence-electron chi connectivity index (χ2n) is 7.04. The molecule has 1 heterocycles. The molecular weight excluding hydrogens is 420 g/mol. The SMILES string of the molecule is COC(=O)CCC(=O)O[C@H]1C(=O)NCCC(=O)NCCSC(=O)C(=O)OCC1(C)C. The lowest BCUT2D eigenvalue weighted by molar-refractivity contribution is -0.170. The number of hydrogen-bond donors (Lipinski definition) is 2. The molecule has 30 heavy (non-hydrogen) atoms. The molecule has 11 nitrogen and oxygen atoms in total. The van der Waals surface area contributed by atoms with E-state index in [1.165, 1.54) is 21.0 Å². The van der Waals surface area contributed by atoms with Gasteiger partial charge in [-0.3, -0.25) is 24.0 Å². The van der Waals surface area contributed by atoms with Gasteiger partial charge in [-0.25, -0.2) is 4.79 Å². The first kappa shape index (κ1) is 25.4. The van der Waals surface area contributed by atoms with Gasteiger partial charge in [-0.15, -0.1) is 0 Å². The standard InChI is InChI=1S/C18H26N2O9S/c1-18(2)10-28-16(25)17(26)30-9-8-19-11(21)6-7-20-15(24)14(18)29-13(23)5-4-12(22)27-3/h14H,4-10H2,1-3H3,(H,19,21)(H,20,24)/t14-/m0/s1. The maximum absolute atomic E-state index is 12.6. The normalized spacial score (nSPS) is 21.2. The molecule has 0 aromatic heterocycles. The Morgan fingerprint density at radius 1 is 1.10 bits per heavy atom. The lowest BCUT2D eigenvalue weighted by Gasteiger charge is -2.32. The van der Waals surface area contributed by atoms with Crippen LogP contribution < -0.4 is 10.6 Å². The fourth-order valence-electron chi connectivity index (χ4n) is 2.32. The zero-order valence-corrected chi connectivity index (χ0v) is 17.9. The number of hydrogen-bond acceptors (Lipinski definition) is 10. The predicted molar refractivity (Wildman–Crippen MR) is 104 cm³/mol. The minimum absolute atomic E-state index is 0.0111. The summed E-state index contributed by atoms with van der Waals surface area (Å²) in [7, 11) is 1.17. The van der Waals surface area contributed by atoms with E-state index in [0.29, 0.717) is 11.8 Å². The van der Waals surface area contributed by atoms with Gasteiger partial charge in [0.2, 0.25) is 5.91 Å². The summed E-state index contributed by atoms with van der Waals surface area (Å²) >= 11 is 0.702. The highest BCUT2D eigenvalue weighted by Gasteiger charge is 2.40. The van der Waals surface area contributed by atoms with E-state index in [-0.39, 0.29) is 50.6 Å². The Morgan fingerprint density at radius 2 is 1.77 bits per heavy atom. The summed E-state index contributed by atoms with van der Waals surface area (Å²) in [6.45, 7) is 2.81. The molecular formula is C18H26N2O9S. The van der Waals surface area contributed by atoms with E-state index in [9.17, 15) is 28.8 Å². The molecule has 0 aliphatic carbocycles. The van der Waals surface area contributed by atoms with Crippen molar-refractivity contribution < 1.29 is 43.0 Å². The molecule has 1 aliphatic heterocycles. The van der Waals surface area contributed by atoms with Crippen molar-refractivity contribution in [2.45, 2.75) is 39.2 Å². The lowest BCUT2D eigenvalue weighted by Crippen LogP contribution is -2.49. The Hall–Kier alpha value is -2.63. The van der Waals surface area contributed by atoms with Crippen molar-refractivity contribution in [1.29, 1.82) is 0 Å². The van der Waals surface area contributed by atoms with E-state index in [1.54, 1.807) is 0 Å². The van der Waals surface area contributed by atoms with E-state index in [1.807, 2.05) is 0 Å². The number of esters is 3. The second-order valence-corrected chi connectivity index (χ2v) is 8.11. The summed E-state index contributed by atoms with van der Waals surface area (Å²) in [5, 5.41) is 4.22. The number of rotatable bonds is 4. The predicted octanol–water partition coefficient (Wildman–Crippen LogP) is -0.683. The molecule has 1 aliphatic rings. The largest absolute Gasteiger partial charge is 0.469 e. The summed E-state index contributed by atoms with van der Waals surface area (Å²) in [5.41, 5.74) is -1.20. The molecule has 0 bridgehead atoms. The molecule has 1 atom stereocenters. The van der Waals surface area contributed by atoms with Crippen LogP contribution in [0.2, 0.25) is 0 Å². The number of cyclic esters (lactones) is 1. The first-order valence-electron chi connectivity index (χ1n) is 9.21. The van der Waals surface area contributed by atoms with Gasteiger partial charge in [-0.05, 0) is 0 Å². The van der Waals surface area contributed by atoms with Crippen LogP contribution in [0.25, 0.3) is 0 Å². The average molecular weight is 446 g/mol. The van der Waals surface area contributed by atoms with Gasteiger partial charge in [0, 0.05) is 30.7 Å². The first-order chi connectivity index (χ1) is 14.1. The molecule has 1 rings (SSSR count). The lowest BCUT2D eigenvalue weighted by atomic mass is 9.86. The number of carbonyl (C=O) groups excluding carboxylic acids is 6. The molecule has 2 N–H and O–H groups in total. The molecule has 0 unspecified atom stereocenters. The number of carbonyl (C=O) groups is 6. The van der Waals surface area contributed by atoms with Crippen LogP contribution in [0.1, 0.15) is 33.1 Å². The molecule has 0 radical (unpaired) electrons. The van der Waals surface area contributed by atoms with Crippen LogP contribution in [0, 0.1) is 5.41 Å². The van der Waals surface area contributed by atoms with Crippen molar-refractivity contribution in [1.82, 2.24) is 10.6 Å². The molecule has 0 saturated carbocycles. The van der Waals surface area contributed by atoms with Gasteiger partial charge in [0.25, 0.3) is 11.0 Å². The van der Waals surface area contributed by atoms with Crippen LogP contribution in [0.3, 0.4) is 0 Å². The van der Waals surface area contributed by atoms with Crippen LogP contribution >= 0.6 is 11.8 Å². The van der Waals surface area contributed by atoms with Gasteiger partial charge in [0.15, 0.2) is 6.10 Å². The minimum Gasteiger partial charge on any atom is -0.469 e. The van der Waals surface area contributed by atoms with E-state index < -0.39 is 40.4 Å². The maximum Gasteiger partial charge on any atom is 0.385 e. The highest BCUT2D eigenvalue weighted by Crippen LogP contribution is 2.25. The van der Waals surface area contributed by atoms with Crippen LogP contribution in [0.4, 0.5) is 0 Å². The number of nitrogens with one attached hydrogen (secondary N) is 2. The van der Waals surface area contributed by atoms with Crippen LogP contribution in [-0.4, -0.2) is 73.5 Å². The van der Waals surface area contributed by atoms with Gasteiger partial charge in [0.1, 0.15) is 6.61 Å². The molecule has 2 amide bonds. The Balaban J connectivity index is 2.95. The van der Waals surface area contributed by atoms with Crippen molar-refractivity contribution in [3.8, 4) is 0 Å². The van der Waals surface area contributed by atoms with Crippen LogP contribution in [0.15, 0.2) is 0 Å². The monoisotopic (exact) mass is 446 g/mol. The van der Waals surface area contributed by atoms with Gasteiger partial charge in [-0.2, -0.15) is 0 Å². The zero-order chi connectivity index (χ0) is 22.7. The fourth-order valence-corrected chi connectivity index (χ4v) is 2.89. The smallest absolute Gasteiger partial charge is 0.385 e. The molecule has 0 spiro atoms. The van der Waals surface area contributed by atoms with E-state index in [4.69, 9.17) is 9.47 Å². The Morgan fingerprint density at radius 3 is 2.43 bits per heavy atom. The third-order valence-electron chi connectivity index (χ3n) is 4.01. The second kappa shape index (κ2) is 12.2. The molecule has 1 fully saturated rings. The topological polar surface area (TPSA) is 154 Å². The summed E-state index contributed by atoms with van der Waals surface area (Å²) < 4.78 is 14.7. The quantitative estimate of drug-likeness (QED) is 0.322. The summed E-state index contributed by atoms with van der Waals surface area (Å²) in [6, 6.07) is 0. The Bertz CT molecular complexity index is 693. The van der Waals surface area contributed by atoms with Gasteiger partial charge in [-0.1, -0.05) is 25.6 Å². The van der Waals surface area contributed by atoms with Crippen molar-refractivity contribution in [3.63, 3.8) is 0 Å². The van der Waals surface area contributed by atoms with Gasteiger partial charge >= 0.3 is 17.9 Å². The molecule has 168 valence electrons. The zero-order valence-electron chi connectivity index (χ0n) is 17.1. The third kappa shape index (κ3) is 8.80. The number of thioether (sulfide) groups is 1. The average Bonchev–Trinajstić information content (AvgIpc) is 2.70. The molecule has 12 heteroatoms. The van der Waals surface area contributed by atoms with Crippen molar-refractivity contribution in [2.24, 2.45) is 5.41 Å². The number of methoxy groups -OCH3 is 1. The van der Waals surface area contributed by atoms with E-state index >= 15 is 0 Å². The van der Waals surface area contributed by atoms with Crippen LogP contribution in [0.5, 0.6) is 0 Å². The van der Waals surface area contributed by atoms with Crippen molar-refractivity contribution >= 4 is 46.6 Å². The molecule has 1 saturated heterocycles. The summed E-state index contributed by atoms with van der Waals surface area (Å²) in [5.74, 6) is -3.42. The van der Waals surface area contributed by atoms with Crippen molar-refractivity contribution in [2.75, 3.05) is 32.6 Å². The van der Waals surface area contributed by atoms with E-state index in [0.717, 1.165) is 0 Å². The maximum atomic E-state index is 12.6. The summed E-state index contributed by atoms with van der Waals surface area (Å²) in [6.07, 6.45) is -1.97. The van der Waals surface area contributed by atoms with Crippen molar-refractivity contribution in [3.05, 3.63) is 0 Å². The van der Waals surface area contributed by atoms with Gasteiger partial charge in [0.05, 0.1) is 20.0 Å². The van der Waals surface area contributed by atoms with E-state index in [2.05, 4.69) is 15.4 Å². The Labute approximate surface area is 177 Å². The number of amides is 2. The minimum atomic E-state index is -1.40.